The number of halogens is 1. The molecule has 1 saturated carbocycles. The molecule has 9 heteroatoms. The number of hydrogen-bond donors (Lipinski definition) is 1. The van der Waals surface area contributed by atoms with Crippen molar-refractivity contribution in [2.45, 2.75) is 43.5 Å². The van der Waals surface area contributed by atoms with E-state index in [9.17, 15) is 18.0 Å². The molecule has 0 saturated heterocycles. The molecule has 1 fully saturated rings. The molecule has 0 aromatic heterocycles. The molecule has 7 nitrogen and oxygen atoms in total. The fourth-order valence-corrected chi connectivity index (χ4v) is 4.27. The number of likely N-dealkylation sites (N-methyl/N-ethyl adjacent to an activating group) is 1. The number of nitrogens with zero attached hydrogens (tertiary/aromatic N) is 1. The molecule has 0 aliphatic heterocycles. The summed E-state index contributed by atoms with van der Waals surface area (Å²) in [7, 11) is -2.57. The predicted molar refractivity (Wildman–Crippen MR) is 102 cm³/mol. The first-order chi connectivity index (χ1) is 12.7. The van der Waals surface area contributed by atoms with Crippen molar-refractivity contribution in [2.75, 3.05) is 20.2 Å². The van der Waals surface area contributed by atoms with E-state index in [0.717, 1.165) is 30.0 Å². The average molecular weight is 417 g/mol. The molecule has 1 aromatic carbocycles. The first-order valence-corrected chi connectivity index (χ1v) is 10.7. The van der Waals surface area contributed by atoms with Crippen LogP contribution >= 0.6 is 11.6 Å². The van der Waals surface area contributed by atoms with Crippen molar-refractivity contribution >= 4 is 33.5 Å². The molecule has 1 N–H and O–H groups in total. The van der Waals surface area contributed by atoms with Crippen LogP contribution in [0.4, 0.5) is 0 Å². The molecule has 0 unspecified atom stereocenters. The van der Waals surface area contributed by atoms with Crippen molar-refractivity contribution in [1.82, 2.24) is 9.62 Å². The third-order valence-corrected chi connectivity index (χ3v) is 6.77. The van der Waals surface area contributed by atoms with Crippen molar-refractivity contribution in [1.29, 1.82) is 0 Å². The number of esters is 1. The van der Waals surface area contributed by atoms with E-state index in [1.165, 1.54) is 31.3 Å². The molecule has 1 aromatic rings. The average Bonchev–Trinajstić information content (AvgIpc) is 2.62. The molecular weight excluding hydrogens is 392 g/mol. The lowest BCUT2D eigenvalue weighted by molar-refractivity contribution is -0.148. The van der Waals surface area contributed by atoms with E-state index < -0.39 is 29.1 Å². The second-order valence-corrected chi connectivity index (χ2v) is 9.29. The van der Waals surface area contributed by atoms with Crippen LogP contribution in [0.5, 0.6) is 0 Å². The molecule has 1 aliphatic carbocycles. The van der Waals surface area contributed by atoms with Gasteiger partial charge in [0, 0.05) is 18.1 Å². The van der Waals surface area contributed by atoms with Gasteiger partial charge in [-0.3, -0.25) is 9.59 Å². The molecule has 0 bridgehead atoms. The second-order valence-electron chi connectivity index (χ2n) is 6.81. The summed E-state index contributed by atoms with van der Waals surface area (Å²) in [5.41, 5.74) is 0. The zero-order chi connectivity index (χ0) is 20.0. The van der Waals surface area contributed by atoms with E-state index in [4.69, 9.17) is 16.3 Å². The lowest BCUT2D eigenvalue weighted by atomic mass is 9.86. The van der Waals surface area contributed by atoms with Gasteiger partial charge in [-0.15, -0.1) is 0 Å². The maximum Gasteiger partial charge on any atom is 0.321 e. The molecule has 2 atom stereocenters. The van der Waals surface area contributed by atoms with Gasteiger partial charge in [0.2, 0.25) is 10.0 Å². The van der Waals surface area contributed by atoms with Crippen molar-refractivity contribution in [3.63, 3.8) is 0 Å². The van der Waals surface area contributed by atoms with Crippen molar-refractivity contribution in [3.05, 3.63) is 29.3 Å². The smallest absolute Gasteiger partial charge is 0.321 e. The van der Waals surface area contributed by atoms with Crippen LogP contribution in [0.3, 0.4) is 0 Å². The molecule has 0 heterocycles. The number of carbonyl (C=O) groups excluding carboxylic acids is 2. The summed E-state index contributed by atoms with van der Waals surface area (Å²) < 4.78 is 30.6. The highest BCUT2D eigenvalue weighted by Crippen LogP contribution is 2.23. The van der Waals surface area contributed by atoms with E-state index in [-0.39, 0.29) is 16.8 Å². The van der Waals surface area contributed by atoms with Gasteiger partial charge in [0.15, 0.2) is 6.61 Å². The van der Waals surface area contributed by atoms with Crippen LogP contribution in [0, 0.1) is 5.92 Å². The highest BCUT2D eigenvalue weighted by molar-refractivity contribution is 7.89. The Morgan fingerprint density at radius 3 is 2.48 bits per heavy atom. The van der Waals surface area contributed by atoms with Gasteiger partial charge >= 0.3 is 5.97 Å². The van der Waals surface area contributed by atoms with Crippen molar-refractivity contribution in [3.8, 4) is 0 Å². The van der Waals surface area contributed by atoms with E-state index in [1.807, 2.05) is 0 Å². The largest absolute Gasteiger partial charge is 0.455 e. The number of rotatable bonds is 7. The first kappa shape index (κ1) is 21.7. The Morgan fingerprint density at radius 1 is 1.22 bits per heavy atom. The Kier molecular flexibility index (Phi) is 7.64. The first-order valence-electron chi connectivity index (χ1n) is 8.87. The summed E-state index contributed by atoms with van der Waals surface area (Å²) in [6.45, 7) is 1.18. The van der Waals surface area contributed by atoms with Gasteiger partial charge in [0.25, 0.3) is 5.91 Å². The zero-order valence-electron chi connectivity index (χ0n) is 15.5. The Morgan fingerprint density at radius 2 is 1.85 bits per heavy atom. The van der Waals surface area contributed by atoms with Crippen LogP contribution < -0.4 is 5.32 Å². The standard InChI is InChI=1S/C18H25ClN2O5S/c1-13-5-3-4-6-16(13)20-17(22)12-26-18(23)11-21(2)27(24,25)15-9-7-14(19)8-10-15/h7-10,13,16H,3-6,11-12H2,1-2H3,(H,20,22)/t13-,16+/m1/s1. The third kappa shape index (κ3) is 6.19. The van der Waals surface area contributed by atoms with E-state index in [0.29, 0.717) is 10.9 Å². The van der Waals surface area contributed by atoms with Gasteiger partial charge in [0.05, 0.1) is 4.90 Å². The number of nitrogens with one attached hydrogen (secondary N) is 1. The number of amides is 1. The van der Waals surface area contributed by atoms with Gasteiger partial charge in [-0.1, -0.05) is 31.4 Å². The fourth-order valence-electron chi connectivity index (χ4n) is 3.02. The minimum absolute atomic E-state index is 0.0197. The van der Waals surface area contributed by atoms with Crippen molar-refractivity contribution in [2.24, 2.45) is 5.92 Å². The lowest BCUT2D eigenvalue weighted by Crippen LogP contribution is -2.43. The summed E-state index contributed by atoms with van der Waals surface area (Å²) in [4.78, 5) is 23.9. The number of hydrogen-bond acceptors (Lipinski definition) is 5. The molecular formula is C18H25ClN2O5S. The zero-order valence-corrected chi connectivity index (χ0v) is 17.1. The molecule has 27 heavy (non-hydrogen) atoms. The maximum atomic E-state index is 12.4. The predicted octanol–water partition coefficient (Wildman–Crippen LogP) is 2.20. The minimum Gasteiger partial charge on any atom is -0.455 e. The molecule has 0 spiro atoms. The van der Waals surface area contributed by atoms with E-state index in [2.05, 4.69) is 12.2 Å². The summed E-state index contributed by atoms with van der Waals surface area (Å²) in [6.07, 6.45) is 4.22. The van der Waals surface area contributed by atoms with E-state index >= 15 is 0 Å². The second kappa shape index (κ2) is 9.52. The van der Waals surface area contributed by atoms with Gasteiger partial charge in [-0.05, 0) is 43.0 Å². The number of sulfonamides is 1. The number of ether oxygens (including phenoxy) is 1. The topological polar surface area (TPSA) is 92.8 Å². The Bertz CT molecular complexity index is 766. The number of carbonyl (C=O) groups is 2. The molecule has 1 amide bonds. The third-order valence-electron chi connectivity index (χ3n) is 4.70. The fraction of sp³-hybridized carbons (Fsp3) is 0.556. The summed E-state index contributed by atoms with van der Waals surface area (Å²) in [6, 6.07) is 5.73. The quantitative estimate of drug-likeness (QED) is 0.688. The Hall–Kier alpha value is -1.64. The summed E-state index contributed by atoms with van der Waals surface area (Å²) in [5.74, 6) is -0.763. The highest BCUT2D eigenvalue weighted by Gasteiger charge is 2.25. The molecule has 2 rings (SSSR count). The maximum absolute atomic E-state index is 12.4. The van der Waals surface area contributed by atoms with Crippen LogP contribution in [0.25, 0.3) is 0 Å². The Labute approximate surface area is 165 Å². The van der Waals surface area contributed by atoms with Gasteiger partial charge in [0.1, 0.15) is 6.54 Å². The normalized spacial score (nSPS) is 20.3. The monoisotopic (exact) mass is 416 g/mol. The number of benzene rings is 1. The van der Waals surface area contributed by atoms with E-state index in [1.54, 1.807) is 0 Å². The highest BCUT2D eigenvalue weighted by atomic mass is 35.5. The summed E-state index contributed by atoms with van der Waals surface area (Å²) in [5, 5.41) is 3.29. The van der Waals surface area contributed by atoms with Gasteiger partial charge < -0.3 is 10.1 Å². The molecule has 1 aliphatic rings. The van der Waals surface area contributed by atoms with Crippen LogP contribution in [-0.4, -0.2) is 50.8 Å². The lowest BCUT2D eigenvalue weighted by Gasteiger charge is -2.29. The summed E-state index contributed by atoms with van der Waals surface area (Å²) >= 11 is 5.75. The van der Waals surface area contributed by atoms with Gasteiger partial charge in [-0.2, -0.15) is 4.31 Å². The van der Waals surface area contributed by atoms with Crippen LogP contribution in [0.1, 0.15) is 32.6 Å². The van der Waals surface area contributed by atoms with Crippen LogP contribution in [-0.2, 0) is 24.3 Å². The minimum atomic E-state index is -3.85. The van der Waals surface area contributed by atoms with Crippen LogP contribution in [0.2, 0.25) is 5.02 Å². The SMILES string of the molecule is C[C@@H]1CCCC[C@@H]1NC(=O)COC(=O)CN(C)S(=O)(=O)c1ccc(Cl)cc1. The molecule has 0 radical (unpaired) electrons. The molecule has 150 valence electrons. The van der Waals surface area contributed by atoms with Crippen molar-refractivity contribution < 1.29 is 22.7 Å². The Balaban J connectivity index is 1.82. The van der Waals surface area contributed by atoms with Gasteiger partial charge in [-0.25, -0.2) is 8.42 Å². The van der Waals surface area contributed by atoms with Crippen LogP contribution in [0.15, 0.2) is 29.2 Å².